The maximum absolute atomic E-state index is 11.8. The van der Waals surface area contributed by atoms with Gasteiger partial charge in [-0.15, -0.1) is 24.0 Å². The smallest absolute Gasteiger partial charge is 0.251 e. The fourth-order valence-corrected chi connectivity index (χ4v) is 2.83. The number of halogens is 1. The molecule has 0 saturated carbocycles. The number of guanidine groups is 1. The lowest BCUT2D eigenvalue weighted by atomic mass is 10.1. The molecule has 0 aliphatic rings. The Hall–Kier alpha value is -2.36. The summed E-state index contributed by atoms with van der Waals surface area (Å²) in [6.45, 7) is 6.79. The molecule has 0 fully saturated rings. The van der Waals surface area contributed by atoms with Crippen molar-refractivity contribution < 1.29 is 9.53 Å². The topological polar surface area (TPSA) is 87.6 Å². The average molecular weight is 539 g/mol. The number of ether oxygens (including phenoxy) is 1. The molecule has 3 N–H and O–H groups in total. The summed E-state index contributed by atoms with van der Waals surface area (Å²) in [5.41, 5.74) is 2.73. The second kappa shape index (κ2) is 15.4. The largest absolute Gasteiger partial charge is 0.477 e. The van der Waals surface area contributed by atoms with E-state index >= 15 is 0 Å². The SMILES string of the molecule is CCCCOc1ncccc1CN=C(NCC)NCCc1cccc(C(=O)NC)c1.I. The van der Waals surface area contributed by atoms with E-state index in [0.29, 0.717) is 31.1 Å². The van der Waals surface area contributed by atoms with Crippen molar-refractivity contribution in [2.45, 2.75) is 39.7 Å². The number of carbonyl (C=O) groups is 1. The monoisotopic (exact) mass is 539 g/mol. The van der Waals surface area contributed by atoms with Crippen LogP contribution >= 0.6 is 24.0 Å². The minimum Gasteiger partial charge on any atom is -0.477 e. The van der Waals surface area contributed by atoms with Gasteiger partial charge in [0.2, 0.25) is 5.88 Å². The fraction of sp³-hybridized carbons (Fsp3) is 0.435. The highest BCUT2D eigenvalue weighted by Gasteiger charge is 2.06. The first kappa shape index (κ1) is 26.7. The minimum absolute atomic E-state index is 0. The Balaban J connectivity index is 0.00000480. The highest BCUT2D eigenvalue weighted by atomic mass is 127. The van der Waals surface area contributed by atoms with Crippen molar-refractivity contribution in [1.82, 2.24) is 20.9 Å². The molecule has 0 atom stereocenters. The van der Waals surface area contributed by atoms with Crippen LogP contribution in [0.2, 0.25) is 0 Å². The van der Waals surface area contributed by atoms with E-state index in [2.05, 4.69) is 32.9 Å². The zero-order chi connectivity index (χ0) is 21.6. The van der Waals surface area contributed by atoms with Gasteiger partial charge in [0, 0.05) is 37.5 Å². The van der Waals surface area contributed by atoms with E-state index in [0.717, 1.165) is 42.9 Å². The molecule has 31 heavy (non-hydrogen) atoms. The van der Waals surface area contributed by atoms with Gasteiger partial charge in [-0.2, -0.15) is 0 Å². The maximum Gasteiger partial charge on any atom is 0.251 e. The van der Waals surface area contributed by atoms with Crippen LogP contribution in [0, 0.1) is 0 Å². The van der Waals surface area contributed by atoms with Crippen molar-refractivity contribution in [3.05, 3.63) is 59.3 Å². The lowest BCUT2D eigenvalue weighted by Crippen LogP contribution is -2.38. The summed E-state index contributed by atoms with van der Waals surface area (Å²) in [6, 6.07) is 11.5. The van der Waals surface area contributed by atoms with Gasteiger partial charge in [-0.3, -0.25) is 4.79 Å². The van der Waals surface area contributed by atoms with Gasteiger partial charge in [-0.1, -0.05) is 31.5 Å². The van der Waals surface area contributed by atoms with Crippen LogP contribution in [0.3, 0.4) is 0 Å². The normalized spacial score (nSPS) is 10.7. The molecular formula is C23H34IN5O2. The van der Waals surface area contributed by atoms with E-state index in [4.69, 9.17) is 4.74 Å². The van der Waals surface area contributed by atoms with Crippen LogP contribution in [-0.2, 0) is 13.0 Å². The van der Waals surface area contributed by atoms with E-state index in [1.54, 1.807) is 13.2 Å². The van der Waals surface area contributed by atoms with Crippen LogP contribution in [0.25, 0.3) is 0 Å². The first-order valence-corrected chi connectivity index (χ1v) is 10.6. The van der Waals surface area contributed by atoms with E-state index < -0.39 is 0 Å². The summed E-state index contributed by atoms with van der Waals surface area (Å²) in [5, 5.41) is 9.27. The molecule has 0 radical (unpaired) electrons. The van der Waals surface area contributed by atoms with Gasteiger partial charge in [0.15, 0.2) is 5.96 Å². The molecule has 0 unspecified atom stereocenters. The molecule has 1 heterocycles. The van der Waals surface area contributed by atoms with Crippen LogP contribution in [0.5, 0.6) is 5.88 Å². The average Bonchev–Trinajstić information content (AvgIpc) is 2.78. The Kier molecular flexibility index (Phi) is 13.3. The summed E-state index contributed by atoms with van der Waals surface area (Å²) < 4.78 is 5.79. The molecule has 0 aliphatic carbocycles. The summed E-state index contributed by atoms with van der Waals surface area (Å²) in [4.78, 5) is 20.8. The summed E-state index contributed by atoms with van der Waals surface area (Å²) in [5.74, 6) is 1.31. The van der Waals surface area contributed by atoms with Crippen molar-refractivity contribution in [2.75, 3.05) is 26.7 Å². The maximum atomic E-state index is 11.8. The number of carbonyl (C=O) groups excluding carboxylic acids is 1. The van der Waals surface area contributed by atoms with Crippen molar-refractivity contribution in [3.8, 4) is 5.88 Å². The lowest BCUT2D eigenvalue weighted by molar-refractivity contribution is 0.0963. The van der Waals surface area contributed by atoms with Gasteiger partial charge < -0.3 is 20.7 Å². The van der Waals surface area contributed by atoms with E-state index in [1.165, 1.54) is 0 Å². The molecule has 2 aromatic rings. The number of benzene rings is 1. The third-order valence-electron chi connectivity index (χ3n) is 4.46. The minimum atomic E-state index is -0.0758. The highest BCUT2D eigenvalue weighted by molar-refractivity contribution is 14.0. The first-order chi connectivity index (χ1) is 14.7. The van der Waals surface area contributed by atoms with Crippen molar-refractivity contribution in [1.29, 1.82) is 0 Å². The van der Waals surface area contributed by atoms with Crippen LogP contribution in [0.1, 0.15) is 48.2 Å². The highest BCUT2D eigenvalue weighted by Crippen LogP contribution is 2.15. The van der Waals surface area contributed by atoms with Crippen LogP contribution in [-0.4, -0.2) is 43.6 Å². The molecule has 0 aliphatic heterocycles. The quantitative estimate of drug-likeness (QED) is 0.176. The number of unbranched alkanes of at least 4 members (excludes halogenated alkanes) is 1. The van der Waals surface area contributed by atoms with Gasteiger partial charge in [-0.05, 0) is 43.5 Å². The third kappa shape index (κ3) is 9.54. The number of rotatable bonds is 11. The Morgan fingerprint density at radius 3 is 2.74 bits per heavy atom. The standard InChI is InChI=1S/C23H33N5O2.HI/c1-4-6-15-30-22-20(11-8-13-26-22)17-28-23(25-5-2)27-14-12-18-9-7-10-19(16-18)21(29)24-3;/h7-11,13,16H,4-6,12,14-15,17H2,1-3H3,(H,24,29)(H2,25,27,28);1H. The second-order valence-electron chi connectivity index (χ2n) is 6.82. The van der Waals surface area contributed by atoms with Gasteiger partial charge in [-0.25, -0.2) is 9.98 Å². The Morgan fingerprint density at radius 2 is 2.00 bits per heavy atom. The van der Waals surface area contributed by atoms with Crippen molar-refractivity contribution in [3.63, 3.8) is 0 Å². The predicted octanol–water partition coefficient (Wildman–Crippen LogP) is 3.54. The molecule has 170 valence electrons. The van der Waals surface area contributed by atoms with E-state index in [-0.39, 0.29) is 29.9 Å². The molecule has 1 aromatic heterocycles. The molecule has 7 nitrogen and oxygen atoms in total. The van der Waals surface area contributed by atoms with Crippen molar-refractivity contribution >= 4 is 35.8 Å². The lowest BCUT2D eigenvalue weighted by Gasteiger charge is -2.13. The van der Waals surface area contributed by atoms with Crippen LogP contribution in [0.15, 0.2) is 47.6 Å². The molecule has 0 spiro atoms. The molecule has 1 amide bonds. The number of pyridine rings is 1. The Labute approximate surface area is 202 Å². The molecule has 0 saturated heterocycles. The van der Waals surface area contributed by atoms with Gasteiger partial charge >= 0.3 is 0 Å². The predicted molar refractivity (Wildman–Crippen MR) is 136 cm³/mol. The van der Waals surface area contributed by atoms with Crippen LogP contribution in [0.4, 0.5) is 0 Å². The number of hydrogen-bond acceptors (Lipinski definition) is 4. The Bertz CT molecular complexity index is 829. The number of hydrogen-bond donors (Lipinski definition) is 3. The third-order valence-corrected chi connectivity index (χ3v) is 4.46. The molecule has 8 heteroatoms. The van der Waals surface area contributed by atoms with Gasteiger partial charge in [0.25, 0.3) is 5.91 Å². The van der Waals surface area contributed by atoms with E-state index in [9.17, 15) is 4.79 Å². The van der Waals surface area contributed by atoms with Gasteiger partial charge in [0.05, 0.1) is 13.2 Å². The molecule has 2 rings (SSSR count). The number of aliphatic imine (C=N–C) groups is 1. The summed E-state index contributed by atoms with van der Waals surface area (Å²) in [6.07, 6.45) is 4.61. The van der Waals surface area contributed by atoms with Crippen molar-refractivity contribution in [2.24, 2.45) is 4.99 Å². The van der Waals surface area contributed by atoms with E-state index in [1.807, 2.05) is 43.3 Å². The zero-order valence-corrected chi connectivity index (χ0v) is 20.9. The summed E-state index contributed by atoms with van der Waals surface area (Å²) in [7, 11) is 1.64. The molecule has 1 aromatic carbocycles. The summed E-state index contributed by atoms with van der Waals surface area (Å²) >= 11 is 0. The van der Waals surface area contributed by atoms with Crippen LogP contribution < -0.4 is 20.7 Å². The first-order valence-electron chi connectivity index (χ1n) is 10.6. The molecule has 0 bridgehead atoms. The number of amides is 1. The number of nitrogens with zero attached hydrogens (tertiary/aromatic N) is 2. The number of nitrogens with one attached hydrogen (secondary N) is 3. The molecular weight excluding hydrogens is 505 g/mol. The number of aromatic nitrogens is 1. The second-order valence-corrected chi connectivity index (χ2v) is 6.82. The zero-order valence-electron chi connectivity index (χ0n) is 18.6. The fourth-order valence-electron chi connectivity index (χ4n) is 2.83. The van der Waals surface area contributed by atoms with Gasteiger partial charge in [0.1, 0.15) is 0 Å². The Morgan fingerprint density at radius 1 is 1.16 bits per heavy atom.